The highest BCUT2D eigenvalue weighted by atomic mass is 19.1. The molecule has 1 aliphatic carbocycles. The van der Waals surface area contributed by atoms with E-state index in [-0.39, 0.29) is 11.7 Å². The molecule has 1 aromatic carbocycles. The molecule has 0 radical (unpaired) electrons. The summed E-state index contributed by atoms with van der Waals surface area (Å²) in [5.74, 6) is -0.232. The van der Waals surface area contributed by atoms with Gasteiger partial charge in [-0.3, -0.25) is 0 Å². The van der Waals surface area contributed by atoms with Gasteiger partial charge in [-0.15, -0.1) is 0 Å². The molecule has 1 aromatic rings. The number of nitrogens with zero attached hydrogens (tertiary/aromatic N) is 1. The zero-order valence-corrected chi connectivity index (χ0v) is 10.1. The first kappa shape index (κ1) is 12.1. The zero-order chi connectivity index (χ0) is 12.7. The molecule has 17 heavy (non-hydrogen) atoms. The topological polar surface area (TPSA) is 44.0 Å². The third-order valence-corrected chi connectivity index (χ3v) is 3.68. The van der Waals surface area contributed by atoms with Crippen molar-refractivity contribution in [1.29, 1.82) is 5.26 Å². The maximum absolute atomic E-state index is 12.9. The molecule has 1 atom stereocenters. The highest BCUT2D eigenvalue weighted by Gasteiger charge is 2.55. The van der Waals surface area contributed by atoms with Crippen LogP contribution in [0.15, 0.2) is 24.3 Å². The fourth-order valence-electron chi connectivity index (χ4n) is 2.40. The second kappa shape index (κ2) is 3.82. The Balaban J connectivity index is 2.49. The Kier molecular flexibility index (Phi) is 2.71. The third kappa shape index (κ3) is 1.83. The maximum atomic E-state index is 12.9. The highest BCUT2D eigenvalue weighted by molar-refractivity contribution is 5.31. The van der Waals surface area contributed by atoms with Crippen molar-refractivity contribution in [2.45, 2.75) is 32.3 Å². The Hall–Kier alpha value is -1.40. The van der Waals surface area contributed by atoms with E-state index in [1.54, 1.807) is 26.0 Å². The van der Waals surface area contributed by atoms with Gasteiger partial charge in [0.25, 0.3) is 0 Å². The molecule has 2 rings (SSSR count). The van der Waals surface area contributed by atoms with E-state index in [1.165, 1.54) is 12.1 Å². The maximum Gasteiger partial charge on any atom is 0.123 e. The number of hydrogen-bond donors (Lipinski definition) is 1. The van der Waals surface area contributed by atoms with Crippen LogP contribution >= 0.6 is 0 Å². The summed E-state index contributed by atoms with van der Waals surface area (Å²) in [5.41, 5.74) is -1.44. The summed E-state index contributed by atoms with van der Waals surface area (Å²) in [6.45, 7) is 3.46. The van der Waals surface area contributed by atoms with E-state index in [9.17, 15) is 14.8 Å². The molecular formula is C14H16FNO. The van der Waals surface area contributed by atoms with Gasteiger partial charge in [0, 0.05) is 0 Å². The number of hydrogen-bond acceptors (Lipinski definition) is 2. The van der Waals surface area contributed by atoms with Crippen LogP contribution in [0.4, 0.5) is 4.39 Å². The average Bonchev–Trinajstić information content (AvgIpc) is 3.13. The molecule has 90 valence electrons. The summed E-state index contributed by atoms with van der Waals surface area (Å²) in [7, 11) is 0. The lowest BCUT2D eigenvalue weighted by Crippen LogP contribution is -2.43. The molecule has 0 saturated heterocycles. The second-order valence-electron chi connectivity index (χ2n) is 5.28. The monoisotopic (exact) mass is 233 g/mol. The van der Waals surface area contributed by atoms with Crippen molar-refractivity contribution >= 4 is 0 Å². The van der Waals surface area contributed by atoms with Gasteiger partial charge in [0.15, 0.2) is 0 Å². The van der Waals surface area contributed by atoms with Crippen molar-refractivity contribution in [3.05, 3.63) is 35.6 Å². The van der Waals surface area contributed by atoms with Crippen molar-refractivity contribution in [2.24, 2.45) is 11.3 Å². The molecule has 1 N–H and O–H groups in total. The minimum absolute atomic E-state index is 0.0996. The lowest BCUT2D eigenvalue weighted by atomic mass is 9.69. The first-order valence-corrected chi connectivity index (χ1v) is 5.81. The highest BCUT2D eigenvalue weighted by Crippen LogP contribution is 2.54. The van der Waals surface area contributed by atoms with Crippen molar-refractivity contribution in [3.63, 3.8) is 0 Å². The van der Waals surface area contributed by atoms with Gasteiger partial charge in [0.2, 0.25) is 0 Å². The second-order valence-corrected chi connectivity index (χ2v) is 5.28. The van der Waals surface area contributed by atoms with E-state index in [2.05, 4.69) is 6.07 Å². The van der Waals surface area contributed by atoms with Crippen LogP contribution in [-0.4, -0.2) is 5.11 Å². The Labute approximate surface area is 101 Å². The summed E-state index contributed by atoms with van der Waals surface area (Å²) >= 11 is 0. The minimum Gasteiger partial charge on any atom is -0.383 e. The van der Waals surface area contributed by atoms with Gasteiger partial charge in [0.05, 0.1) is 11.5 Å². The van der Waals surface area contributed by atoms with E-state index in [4.69, 9.17) is 0 Å². The van der Waals surface area contributed by atoms with E-state index in [0.717, 1.165) is 12.8 Å². The smallest absolute Gasteiger partial charge is 0.123 e. The molecule has 1 fully saturated rings. The van der Waals surface area contributed by atoms with Gasteiger partial charge in [0.1, 0.15) is 11.4 Å². The van der Waals surface area contributed by atoms with Gasteiger partial charge in [-0.05, 0) is 50.3 Å². The van der Waals surface area contributed by atoms with E-state index in [1.807, 2.05) is 0 Å². The summed E-state index contributed by atoms with van der Waals surface area (Å²) in [6, 6.07) is 7.98. The lowest BCUT2D eigenvalue weighted by molar-refractivity contribution is -0.0654. The zero-order valence-electron chi connectivity index (χ0n) is 10.1. The first-order chi connectivity index (χ1) is 7.91. The average molecular weight is 233 g/mol. The Morgan fingerprint density at radius 3 is 2.24 bits per heavy atom. The van der Waals surface area contributed by atoms with Crippen molar-refractivity contribution in [1.82, 2.24) is 0 Å². The van der Waals surface area contributed by atoms with E-state index < -0.39 is 11.0 Å². The molecule has 1 aliphatic rings. The fourth-order valence-corrected chi connectivity index (χ4v) is 2.40. The van der Waals surface area contributed by atoms with Crippen LogP contribution in [0.2, 0.25) is 0 Å². The number of halogens is 1. The van der Waals surface area contributed by atoms with Crippen LogP contribution in [-0.2, 0) is 5.60 Å². The van der Waals surface area contributed by atoms with Gasteiger partial charge in [-0.25, -0.2) is 4.39 Å². The van der Waals surface area contributed by atoms with Gasteiger partial charge in [-0.2, -0.15) is 5.26 Å². The molecule has 0 spiro atoms. The molecule has 0 heterocycles. The van der Waals surface area contributed by atoms with Crippen LogP contribution in [0.3, 0.4) is 0 Å². The predicted octanol–water partition coefficient (Wildman–Crippen LogP) is 2.97. The summed E-state index contributed by atoms with van der Waals surface area (Å²) < 4.78 is 12.9. The Morgan fingerprint density at radius 2 is 1.82 bits per heavy atom. The lowest BCUT2D eigenvalue weighted by Gasteiger charge is -2.39. The summed E-state index contributed by atoms with van der Waals surface area (Å²) in [6.07, 6.45) is 1.83. The Bertz CT molecular complexity index is 456. The summed E-state index contributed by atoms with van der Waals surface area (Å²) in [4.78, 5) is 0. The van der Waals surface area contributed by atoms with Gasteiger partial charge >= 0.3 is 0 Å². The standard InChI is InChI=1S/C14H16FNO/c1-13(2,9-16)14(17,10-3-4-10)11-5-7-12(15)8-6-11/h5-8,10,17H,3-4H2,1-2H3/t14-/m1/s1. The molecular weight excluding hydrogens is 217 g/mol. The largest absolute Gasteiger partial charge is 0.383 e. The third-order valence-electron chi connectivity index (χ3n) is 3.68. The molecule has 0 amide bonds. The molecule has 0 bridgehead atoms. The van der Waals surface area contributed by atoms with Crippen LogP contribution in [0, 0.1) is 28.5 Å². The molecule has 0 aliphatic heterocycles. The minimum atomic E-state index is -1.19. The van der Waals surface area contributed by atoms with E-state index in [0.29, 0.717) is 5.56 Å². The van der Waals surface area contributed by atoms with Crippen LogP contribution in [0.5, 0.6) is 0 Å². The van der Waals surface area contributed by atoms with Crippen molar-refractivity contribution in [2.75, 3.05) is 0 Å². The van der Waals surface area contributed by atoms with Crippen LogP contribution in [0.1, 0.15) is 32.3 Å². The molecule has 0 unspecified atom stereocenters. The SMILES string of the molecule is CC(C)(C#N)[C@](O)(c1ccc(F)cc1)C1CC1. The van der Waals surface area contributed by atoms with Crippen LogP contribution in [0.25, 0.3) is 0 Å². The predicted molar refractivity (Wildman–Crippen MR) is 62.4 cm³/mol. The fraction of sp³-hybridized carbons (Fsp3) is 0.500. The number of benzene rings is 1. The molecule has 1 saturated carbocycles. The summed E-state index contributed by atoms with van der Waals surface area (Å²) in [5, 5.41) is 20.1. The number of aliphatic hydroxyl groups is 1. The van der Waals surface area contributed by atoms with Crippen molar-refractivity contribution in [3.8, 4) is 6.07 Å². The normalized spacial score (nSPS) is 19.5. The van der Waals surface area contributed by atoms with Crippen LogP contribution < -0.4 is 0 Å². The molecule has 0 aromatic heterocycles. The molecule has 3 heteroatoms. The van der Waals surface area contributed by atoms with E-state index >= 15 is 0 Å². The van der Waals surface area contributed by atoms with Gasteiger partial charge in [-0.1, -0.05) is 12.1 Å². The number of rotatable bonds is 3. The Morgan fingerprint density at radius 1 is 1.29 bits per heavy atom. The first-order valence-electron chi connectivity index (χ1n) is 5.81. The van der Waals surface area contributed by atoms with Crippen molar-refractivity contribution < 1.29 is 9.50 Å². The number of nitriles is 1. The molecule has 2 nitrogen and oxygen atoms in total. The van der Waals surface area contributed by atoms with Gasteiger partial charge < -0.3 is 5.11 Å². The quantitative estimate of drug-likeness (QED) is 0.872.